The van der Waals surface area contributed by atoms with Crippen molar-refractivity contribution in [2.75, 3.05) is 12.8 Å². The van der Waals surface area contributed by atoms with Crippen LogP contribution >= 0.6 is 0 Å². The van der Waals surface area contributed by atoms with Gasteiger partial charge in [-0.1, -0.05) is 6.07 Å². The number of methoxy groups -OCH3 is 1. The van der Waals surface area contributed by atoms with E-state index >= 15 is 0 Å². The Morgan fingerprint density at radius 3 is 2.62 bits per heavy atom. The maximum atomic E-state index is 5.92. The molecule has 0 saturated carbocycles. The van der Waals surface area contributed by atoms with Crippen LogP contribution in [0, 0.1) is 0 Å². The van der Waals surface area contributed by atoms with Gasteiger partial charge in [0.15, 0.2) is 0 Å². The van der Waals surface area contributed by atoms with E-state index in [0.29, 0.717) is 6.61 Å². The van der Waals surface area contributed by atoms with Crippen LogP contribution in [-0.2, 0) is 19.4 Å². The van der Waals surface area contributed by atoms with Crippen LogP contribution in [0.25, 0.3) is 0 Å². The van der Waals surface area contributed by atoms with Crippen molar-refractivity contribution in [3.05, 3.63) is 53.1 Å². The van der Waals surface area contributed by atoms with Crippen molar-refractivity contribution < 1.29 is 9.47 Å². The van der Waals surface area contributed by atoms with E-state index in [9.17, 15) is 0 Å². The van der Waals surface area contributed by atoms with Gasteiger partial charge in [-0.25, -0.2) is 0 Å². The van der Waals surface area contributed by atoms with Crippen LogP contribution in [0.3, 0.4) is 0 Å². The molecule has 0 radical (unpaired) electrons. The lowest BCUT2D eigenvalue weighted by Gasteiger charge is -2.17. The molecule has 0 unspecified atom stereocenters. The Bertz CT molecular complexity index is 637. The molecule has 2 aromatic carbocycles. The molecular formula is C18H21NO2. The number of hydrogen-bond acceptors (Lipinski definition) is 3. The summed E-state index contributed by atoms with van der Waals surface area (Å²) in [5.74, 6) is 1.72. The van der Waals surface area contributed by atoms with E-state index in [1.54, 1.807) is 7.11 Å². The summed E-state index contributed by atoms with van der Waals surface area (Å²) in [6.07, 6.45) is 4.93. The maximum Gasteiger partial charge on any atom is 0.125 e. The quantitative estimate of drug-likeness (QED) is 0.869. The number of benzene rings is 2. The normalized spacial score (nSPS) is 13.6. The molecule has 0 heterocycles. The molecule has 2 N–H and O–H groups in total. The number of nitrogens with two attached hydrogens (primary N) is 1. The summed E-state index contributed by atoms with van der Waals surface area (Å²) in [6, 6.07) is 12.0. The first-order valence-corrected chi connectivity index (χ1v) is 7.43. The molecule has 1 aliphatic rings. The third-order valence-electron chi connectivity index (χ3n) is 4.02. The van der Waals surface area contributed by atoms with Gasteiger partial charge in [0.25, 0.3) is 0 Å². The Hall–Kier alpha value is -2.16. The summed E-state index contributed by atoms with van der Waals surface area (Å²) in [6.45, 7) is 0.465. The highest BCUT2D eigenvalue weighted by Gasteiger charge is 2.10. The van der Waals surface area contributed by atoms with Crippen molar-refractivity contribution in [3.63, 3.8) is 0 Å². The first kappa shape index (κ1) is 13.8. The van der Waals surface area contributed by atoms with Gasteiger partial charge in [-0.3, -0.25) is 0 Å². The first-order valence-electron chi connectivity index (χ1n) is 7.43. The molecule has 0 saturated heterocycles. The standard InChI is InChI=1S/C18H21NO2/c1-20-18-9-7-16(19)10-15(18)12-21-17-8-6-13-4-2-3-5-14(13)11-17/h6-11H,2-5,12,19H2,1H3. The van der Waals surface area contributed by atoms with Crippen molar-refractivity contribution in [3.8, 4) is 11.5 Å². The van der Waals surface area contributed by atoms with Crippen LogP contribution in [0.2, 0.25) is 0 Å². The van der Waals surface area contributed by atoms with Gasteiger partial charge in [0.1, 0.15) is 18.1 Å². The highest BCUT2D eigenvalue weighted by atomic mass is 16.5. The Balaban J connectivity index is 1.74. The Morgan fingerprint density at radius 1 is 1.00 bits per heavy atom. The Kier molecular flexibility index (Phi) is 4.00. The summed E-state index contributed by atoms with van der Waals surface area (Å²) in [4.78, 5) is 0. The second-order valence-electron chi connectivity index (χ2n) is 5.50. The van der Waals surface area contributed by atoms with Crippen molar-refractivity contribution in [1.82, 2.24) is 0 Å². The van der Waals surface area contributed by atoms with Gasteiger partial charge in [0, 0.05) is 11.3 Å². The van der Waals surface area contributed by atoms with Crippen molar-refractivity contribution in [2.24, 2.45) is 0 Å². The van der Waals surface area contributed by atoms with E-state index in [1.807, 2.05) is 18.2 Å². The summed E-state index contributed by atoms with van der Waals surface area (Å²) in [5, 5.41) is 0. The van der Waals surface area contributed by atoms with Gasteiger partial charge >= 0.3 is 0 Å². The maximum absolute atomic E-state index is 5.92. The molecule has 21 heavy (non-hydrogen) atoms. The smallest absolute Gasteiger partial charge is 0.125 e. The number of ether oxygens (including phenoxy) is 2. The number of fused-ring (bicyclic) bond motifs is 1. The average Bonchev–Trinajstić information content (AvgIpc) is 2.53. The summed E-state index contributed by atoms with van der Waals surface area (Å²) in [5.41, 5.74) is 10.4. The molecule has 3 nitrogen and oxygen atoms in total. The molecule has 0 spiro atoms. The molecule has 110 valence electrons. The van der Waals surface area contributed by atoms with Crippen LogP contribution in [0.4, 0.5) is 5.69 Å². The zero-order valence-electron chi connectivity index (χ0n) is 12.4. The number of hydrogen-bond donors (Lipinski definition) is 1. The summed E-state index contributed by atoms with van der Waals surface area (Å²) in [7, 11) is 1.66. The minimum atomic E-state index is 0.465. The molecular weight excluding hydrogens is 262 g/mol. The summed E-state index contributed by atoms with van der Waals surface area (Å²) >= 11 is 0. The number of anilines is 1. The fourth-order valence-corrected chi connectivity index (χ4v) is 2.87. The van der Waals surface area contributed by atoms with Crippen LogP contribution in [-0.4, -0.2) is 7.11 Å². The van der Waals surface area contributed by atoms with Gasteiger partial charge in [0.05, 0.1) is 7.11 Å². The lowest BCUT2D eigenvalue weighted by Crippen LogP contribution is -2.04. The largest absolute Gasteiger partial charge is 0.496 e. The molecule has 0 fully saturated rings. The zero-order chi connectivity index (χ0) is 14.7. The third kappa shape index (κ3) is 3.13. The minimum Gasteiger partial charge on any atom is -0.496 e. The van der Waals surface area contributed by atoms with Crippen molar-refractivity contribution in [1.29, 1.82) is 0 Å². The molecule has 0 aromatic heterocycles. The van der Waals surface area contributed by atoms with E-state index in [4.69, 9.17) is 15.2 Å². The Labute approximate surface area is 125 Å². The van der Waals surface area contributed by atoms with Crippen LogP contribution in [0.5, 0.6) is 11.5 Å². The molecule has 0 aliphatic heterocycles. The molecule has 0 amide bonds. The molecule has 0 bridgehead atoms. The van der Waals surface area contributed by atoms with Crippen LogP contribution < -0.4 is 15.2 Å². The van der Waals surface area contributed by atoms with Crippen molar-refractivity contribution >= 4 is 5.69 Å². The Morgan fingerprint density at radius 2 is 1.81 bits per heavy atom. The zero-order valence-corrected chi connectivity index (χ0v) is 12.4. The molecule has 2 aromatic rings. The third-order valence-corrected chi connectivity index (χ3v) is 4.02. The van der Waals surface area contributed by atoms with Crippen molar-refractivity contribution in [2.45, 2.75) is 32.3 Å². The summed E-state index contributed by atoms with van der Waals surface area (Å²) < 4.78 is 11.3. The highest BCUT2D eigenvalue weighted by molar-refractivity contribution is 5.48. The van der Waals surface area contributed by atoms with Gasteiger partial charge in [-0.15, -0.1) is 0 Å². The fourth-order valence-electron chi connectivity index (χ4n) is 2.87. The highest BCUT2D eigenvalue weighted by Crippen LogP contribution is 2.27. The van der Waals surface area contributed by atoms with E-state index in [2.05, 4.69) is 18.2 Å². The van der Waals surface area contributed by atoms with Gasteiger partial charge in [0.2, 0.25) is 0 Å². The van der Waals surface area contributed by atoms with E-state index in [1.165, 1.54) is 30.4 Å². The minimum absolute atomic E-state index is 0.465. The van der Waals surface area contributed by atoms with Crippen LogP contribution in [0.15, 0.2) is 36.4 Å². The van der Waals surface area contributed by atoms with E-state index < -0.39 is 0 Å². The second kappa shape index (κ2) is 6.08. The molecule has 3 heteroatoms. The second-order valence-corrected chi connectivity index (χ2v) is 5.50. The van der Waals surface area contributed by atoms with Gasteiger partial charge in [-0.2, -0.15) is 0 Å². The predicted octanol–water partition coefficient (Wildman–Crippen LogP) is 3.74. The first-order chi connectivity index (χ1) is 10.3. The lowest BCUT2D eigenvalue weighted by molar-refractivity contribution is 0.296. The van der Waals surface area contributed by atoms with E-state index in [0.717, 1.165) is 29.2 Å². The number of aryl methyl sites for hydroxylation is 2. The van der Waals surface area contributed by atoms with Gasteiger partial charge in [-0.05, 0) is 67.1 Å². The average molecular weight is 283 g/mol. The molecule has 1 aliphatic carbocycles. The molecule has 0 atom stereocenters. The lowest BCUT2D eigenvalue weighted by atomic mass is 9.92. The number of rotatable bonds is 4. The predicted molar refractivity (Wildman–Crippen MR) is 84.8 cm³/mol. The molecule has 3 rings (SSSR count). The fraction of sp³-hybridized carbons (Fsp3) is 0.333. The van der Waals surface area contributed by atoms with Gasteiger partial charge < -0.3 is 15.2 Å². The van der Waals surface area contributed by atoms with E-state index in [-0.39, 0.29) is 0 Å². The number of nitrogen functional groups attached to an aromatic ring is 1. The SMILES string of the molecule is COc1ccc(N)cc1COc1ccc2c(c1)CCCC2. The topological polar surface area (TPSA) is 44.5 Å². The van der Waals surface area contributed by atoms with Crippen LogP contribution in [0.1, 0.15) is 29.5 Å². The monoisotopic (exact) mass is 283 g/mol.